The van der Waals surface area contributed by atoms with Crippen molar-refractivity contribution in [3.8, 4) is 0 Å². The first-order chi connectivity index (χ1) is 13.0. The fourth-order valence-corrected chi connectivity index (χ4v) is 10.8. The van der Waals surface area contributed by atoms with Crippen molar-refractivity contribution in [3.63, 3.8) is 0 Å². The van der Waals surface area contributed by atoms with E-state index in [1.807, 2.05) is 0 Å². The predicted octanol–water partition coefficient (Wildman–Crippen LogP) is 7.15. The molecule has 0 bridgehead atoms. The quantitative estimate of drug-likeness (QED) is 0.325. The molecule has 0 aliphatic carbocycles. The van der Waals surface area contributed by atoms with E-state index in [4.69, 9.17) is 4.74 Å². The molecule has 0 saturated carbocycles. The molecule has 0 aliphatic heterocycles. The van der Waals surface area contributed by atoms with Crippen LogP contribution in [0, 0.1) is 29.6 Å². The summed E-state index contributed by atoms with van der Waals surface area (Å²) in [7, 11) is 6.86. The molecule has 4 nitrogen and oxygen atoms in total. The molecule has 0 atom stereocenters. The van der Waals surface area contributed by atoms with Gasteiger partial charge in [-0.2, -0.15) is 0 Å². The predicted molar refractivity (Wildman–Crippen MR) is 134 cm³/mol. The Hall–Kier alpha value is 0.110. The molecule has 0 aliphatic rings. The van der Waals surface area contributed by atoms with Crippen LogP contribution in [-0.2, 0) is 0 Å². The molecule has 0 heterocycles. The maximum Gasteiger partial charge on any atom is 0.167 e. The van der Waals surface area contributed by atoms with Gasteiger partial charge in [0.15, 0.2) is 7.51 Å². The molecule has 29 heavy (non-hydrogen) atoms. The van der Waals surface area contributed by atoms with Gasteiger partial charge in [-0.05, 0) is 71.6 Å². The Bertz CT molecular complexity index is 491. The second kappa shape index (κ2) is 11.1. The van der Waals surface area contributed by atoms with Crippen molar-refractivity contribution in [3.05, 3.63) is 0 Å². The van der Waals surface area contributed by atoms with Crippen molar-refractivity contribution in [1.29, 1.82) is 0 Å². The largest absolute Gasteiger partial charge is 0.258 e. The van der Waals surface area contributed by atoms with Gasteiger partial charge in [-0.1, -0.05) is 69.2 Å². The van der Waals surface area contributed by atoms with E-state index in [1.54, 1.807) is 0 Å². The summed E-state index contributed by atoms with van der Waals surface area (Å²) in [4.78, 5) is 0. The van der Waals surface area contributed by atoms with E-state index in [0.29, 0.717) is 35.6 Å². The maximum absolute atomic E-state index is 5.60. The molecular formula is C24H55N4P. The first-order valence-corrected chi connectivity index (χ1v) is 13.4. The Labute approximate surface area is 185 Å². The Balaban J connectivity index is 7.75. The van der Waals surface area contributed by atoms with E-state index in [2.05, 4.69) is 125 Å². The van der Waals surface area contributed by atoms with E-state index in [1.165, 1.54) is 0 Å². The third kappa shape index (κ3) is 5.48. The smallest absolute Gasteiger partial charge is 0.167 e. The monoisotopic (exact) mass is 430 g/mol. The molecule has 0 aromatic heterocycles. The summed E-state index contributed by atoms with van der Waals surface area (Å²) in [5, 5.41) is 0. The van der Waals surface area contributed by atoms with Gasteiger partial charge in [0.05, 0.1) is 0 Å². The minimum Gasteiger partial charge on any atom is -0.258 e. The SMILES string of the molecule is CC(C)N=P(N(C)C)(N(C)C)N(C(C(C)C)C(C)C)C(C(C)C)(C(C)C)C(C)C. The second-order valence-electron chi connectivity index (χ2n) is 11.1. The highest BCUT2D eigenvalue weighted by Gasteiger charge is 2.55. The van der Waals surface area contributed by atoms with E-state index in [9.17, 15) is 0 Å². The first-order valence-electron chi connectivity index (χ1n) is 11.8. The van der Waals surface area contributed by atoms with Crippen LogP contribution >= 0.6 is 7.51 Å². The van der Waals surface area contributed by atoms with Crippen LogP contribution in [0.2, 0.25) is 0 Å². The van der Waals surface area contributed by atoms with Gasteiger partial charge >= 0.3 is 0 Å². The normalized spacial score (nSPS) is 14.6. The van der Waals surface area contributed by atoms with Gasteiger partial charge in [0.25, 0.3) is 0 Å². The maximum atomic E-state index is 5.60. The van der Waals surface area contributed by atoms with E-state index < -0.39 is 7.51 Å². The highest BCUT2D eigenvalue weighted by atomic mass is 31.2. The topological polar surface area (TPSA) is 22.1 Å². The summed E-state index contributed by atoms with van der Waals surface area (Å²) in [5.74, 6) is 2.65. The lowest BCUT2D eigenvalue weighted by Crippen LogP contribution is -2.65. The van der Waals surface area contributed by atoms with Crippen LogP contribution in [0.25, 0.3) is 0 Å². The van der Waals surface area contributed by atoms with Crippen molar-refractivity contribution < 1.29 is 0 Å². The number of nitrogens with zero attached hydrogens (tertiary/aromatic N) is 4. The average molecular weight is 431 g/mol. The summed E-state index contributed by atoms with van der Waals surface area (Å²) in [6.07, 6.45) is 0. The van der Waals surface area contributed by atoms with Crippen molar-refractivity contribution in [2.24, 2.45) is 34.3 Å². The van der Waals surface area contributed by atoms with E-state index in [0.717, 1.165) is 0 Å². The van der Waals surface area contributed by atoms with Gasteiger partial charge in [-0.3, -0.25) is 14.1 Å². The lowest BCUT2D eigenvalue weighted by Gasteiger charge is -2.63. The zero-order valence-electron chi connectivity index (χ0n) is 22.8. The second-order valence-corrected chi connectivity index (χ2v) is 14.5. The summed E-state index contributed by atoms with van der Waals surface area (Å²) in [5.41, 5.74) is 0.0416. The molecule has 0 aromatic rings. The van der Waals surface area contributed by atoms with Gasteiger partial charge in [0.1, 0.15) is 0 Å². The molecule has 5 heteroatoms. The fraction of sp³-hybridized carbons (Fsp3) is 1.00. The van der Waals surface area contributed by atoms with Crippen molar-refractivity contribution >= 4 is 7.51 Å². The van der Waals surface area contributed by atoms with E-state index >= 15 is 0 Å². The molecule has 0 N–H and O–H groups in total. The van der Waals surface area contributed by atoms with Crippen LogP contribution < -0.4 is 0 Å². The third-order valence-corrected chi connectivity index (χ3v) is 10.7. The molecule has 0 fully saturated rings. The Kier molecular flexibility index (Phi) is 11.2. The zero-order valence-corrected chi connectivity index (χ0v) is 23.7. The molecule has 0 unspecified atom stereocenters. The third-order valence-electron chi connectivity index (χ3n) is 6.57. The zero-order chi connectivity index (χ0) is 23.5. The van der Waals surface area contributed by atoms with Gasteiger partial charge in [0, 0.05) is 17.6 Å². The van der Waals surface area contributed by atoms with Crippen LogP contribution in [0.3, 0.4) is 0 Å². The van der Waals surface area contributed by atoms with Crippen LogP contribution in [0.15, 0.2) is 4.74 Å². The first kappa shape index (κ1) is 29.1. The van der Waals surface area contributed by atoms with Crippen LogP contribution in [0.1, 0.15) is 83.1 Å². The number of hydrogen-bond acceptors (Lipinski definition) is 1. The van der Waals surface area contributed by atoms with Gasteiger partial charge < -0.3 is 0 Å². The molecule has 0 amide bonds. The fourth-order valence-electron chi connectivity index (χ4n) is 6.11. The van der Waals surface area contributed by atoms with Crippen molar-refractivity contribution in [1.82, 2.24) is 14.0 Å². The van der Waals surface area contributed by atoms with Crippen molar-refractivity contribution in [2.45, 2.75) is 101 Å². The summed E-state index contributed by atoms with van der Waals surface area (Å²) < 4.78 is 13.5. The Morgan fingerprint density at radius 2 is 0.897 bits per heavy atom. The molecule has 0 radical (unpaired) electrons. The highest BCUT2D eigenvalue weighted by molar-refractivity contribution is 7.59. The Morgan fingerprint density at radius 3 is 1.07 bits per heavy atom. The summed E-state index contributed by atoms with van der Waals surface area (Å²) in [6.45, 7) is 28.7. The molecular weight excluding hydrogens is 375 g/mol. The van der Waals surface area contributed by atoms with Crippen LogP contribution in [-0.4, -0.2) is 59.8 Å². The van der Waals surface area contributed by atoms with Crippen LogP contribution in [0.5, 0.6) is 0 Å². The van der Waals surface area contributed by atoms with Gasteiger partial charge in [-0.25, -0.2) is 4.67 Å². The Morgan fingerprint density at radius 1 is 0.586 bits per heavy atom. The van der Waals surface area contributed by atoms with Gasteiger partial charge in [-0.15, -0.1) is 0 Å². The molecule has 0 aromatic carbocycles. The van der Waals surface area contributed by atoms with Crippen LogP contribution in [0.4, 0.5) is 0 Å². The molecule has 176 valence electrons. The van der Waals surface area contributed by atoms with Gasteiger partial charge in [0.2, 0.25) is 0 Å². The summed E-state index contributed by atoms with van der Waals surface area (Å²) >= 11 is 0. The lowest BCUT2D eigenvalue weighted by molar-refractivity contribution is -0.0295. The lowest BCUT2D eigenvalue weighted by atomic mass is 9.68. The molecule has 0 rings (SSSR count). The highest BCUT2D eigenvalue weighted by Crippen LogP contribution is 2.65. The standard InChI is InChI=1S/C24H55N4P/c1-17(2)23(18(3)4)28(24(19(5)6,20(7)8)21(9)10)29(26(13)14,27(15)16)25-22(11)12/h17-23H,1-16H3. The van der Waals surface area contributed by atoms with E-state index in [-0.39, 0.29) is 11.6 Å². The average Bonchev–Trinajstić information content (AvgIpc) is 2.49. The van der Waals surface area contributed by atoms with Crippen molar-refractivity contribution in [2.75, 3.05) is 28.2 Å². The molecule has 0 saturated heterocycles. The summed E-state index contributed by atoms with van der Waals surface area (Å²) in [6, 6.07) is 0.725. The minimum atomic E-state index is -2.13. The number of hydrogen-bond donors (Lipinski definition) is 0. The number of rotatable bonds is 11. The molecule has 0 spiro atoms. The minimum absolute atomic E-state index is 0.0416.